The fourth-order valence-corrected chi connectivity index (χ4v) is 3.30. The monoisotopic (exact) mass is 278 g/mol. The van der Waals surface area contributed by atoms with Crippen molar-refractivity contribution in [2.24, 2.45) is 11.8 Å². The molecular weight excluding hydrogens is 248 g/mol. The molecule has 4 heteroatoms. The van der Waals surface area contributed by atoms with Gasteiger partial charge in [0.2, 0.25) is 0 Å². The van der Waals surface area contributed by atoms with E-state index in [1.807, 2.05) is 0 Å². The first-order valence-electron chi connectivity index (χ1n) is 8.19. The minimum Gasteiger partial charge on any atom is -0.314 e. The Morgan fingerprint density at radius 3 is 2.55 bits per heavy atom. The van der Waals surface area contributed by atoms with Gasteiger partial charge in [-0.25, -0.2) is 9.67 Å². The van der Waals surface area contributed by atoms with Crippen molar-refractivity contribution in [3.63, 3.8) is 0 Å². The molecule has 1 saturated carbocycles. The van der Waals surface area contributed by atoms with Crippen LogP contribution in [0.5, 0.6) is 0 Å². The van der Waals surface area contributed by atoms with Crippen LogP contribution in [-0.4, -0.2) is 27.4 Å². The number of rotatable bonds is 6. The lowest BCUT2D eigenvalue weighted by Gasteiger charge is -2.32. The van der Waals surface area contributed by atoms with E-state index in [4.69, 9.17) is 0 Å². The molecule has 20 heavy (non-hydrogen) atoms. The minimum atomic E-state index is 0.406. The van der Waals surface area contributed by atoms with Crippen LogP contribution in [0.2, 0.25) is 0 Å². The molecule has 1 aromatic rings. The molecule has 0 saturated heterocycles. The summed E-state index contributed by atoms with van der Waals surface area (Å²) < 4.78 is 2.08. The van der Waals surface area contributed by atoms with Crippen molar-refractivity contribution < 1.29 is 0 Å². The van der Waals surface area contributed by atoms with E-state index in [0.29, 0.717) is 12.1 Å². The summed E-state index contributed by atoms with van der Waals surface area (Å²) in [5.74, 6) is 2.72. The van der Waals surface area contributed by atoms with Gasteiger partial charge < -0.3 is 5.32 Å². The maximum absolute atomic E-state index is 4.49. The third-order valence-electron chi connectivity index (χ3n) is 4.44. The molecule has 1 aliphatic rings. The number of hydrogen-bond donors (Lipinski definition) is 1. The molecule has 1 aromatic heterocycles. The first kappa shape index (κ1) is 15.5. The first-order chi connectivity index (χ1) is 9.58. The number of hydrogen-bond acceptors (Lipinski definition) is 3. The zero-order chi connectivity index (χ0) is 14.5. The fraction of sp³-hybridized carbons (Fsp3) is 0.875. The number of nitrogens with zero attached hydrogens (tertiary/aromatic N) is 3. The van der Waals surface area contributed by atoms with Crippen molar-refractivity contribution in [3.05, 3.63) is 12.2 Å². The van der Waals surface area contributed by atoms with E-state index < -0.39 is 0 Å². The van der Waals surface area contributed by atoms with Gasteiger partial charge in [0.1, 0.15) is 12.2 Å². The second-order valence-corrected chi connectivity index (χ2v) is 6.79. The average molecular weight is 278 g/mol. The van der Waals surface area contributed by atoms with E-state index in [1.54, 1.807) is 6.33 Å². The summed E-state index contributed by atoms with van der Waals surface area (Å²) in [5, 5.41) is 7.99. The third kappa shape index (κ3) is 4.05. The van der Waals surface area contributed by atoms with E-state index in [-0.39, 0.29) is 0 Å². The fourth-order valence-electron chi connectivity index (χ4n) is 3.30. The molecule has 1 N–H and O–H groups in total. The third-order valence-corrected chi connectivity index (χ3v) is 4.44. The molecule has 1 heterocycles. The standard InChI is InChI=1S/C16H30N4/c1-12(2)17-10-15-8-6-5-7-14(15)9-16-18-11-19-20(16)13(3)4/h11-15,17H,5-10H2,1-4H3. The quantitative estimate of drug-likeness (QED) is 0.869. The summed E-state index contributed by atoms with van der Waals surface area (Å²) in [4.78, 5) is 4.49. The molecule has 0 bridgehead atoms. The predicted octanol–water partition coefficient (Wildman–Crippen LogP) is 3.21. The molecule has 0 spiro atoms. The van der Waals surface area contributed by atoms with Gasteiger partial charge in [-0.15, -0.1) is 0 Å². The Bertz CT molecular complexity index is 397. The summed E-state index contributed by atoms with van der Waals surface area (Å²) in [5.41, 5.74) is 0. The molecule has 2 unspecified atom stereocenters. The van der Waals surface area contributed by atoms with Gasteiger partial charge in [-0.3, -0.25) is 0 Å². The second kappa shape index (κ2) is 7.21. The van der Waals surface area contributed by atoms with Crippen LogP contribution < -0.4 is 5.32 Å². The van der Waals surface area contributed by atoms with Crippen molar-refractivity contribution in [1.82, 2.24) is 20.1 Å². The van der Waals surface area contributed by atoms with Gasteiger partial charge >= 0.3 is 0 Å². The predicted molar refractivity (Wildman–Crippen MR) is 82.7 cm³/mol. The lowest BCUT2D eigenvalue weighted by atomic mass is 9.77. The van der Waals surface area contributed by atoms with Crippen LogP contribution in [0.25, 0.3) is 0 Å². The van der Waals surface area contributed by atoms with Gasteiger partial charge in [-0.05, 0) is 45.1 Å². The van der Waals surface area contributed by atoms with Crippen molar-refractivity contribution in [2.45, 2.75) is 71.9 Å². The van der Waals surface area contributed by atoms with Gasteiger partial charge in [0.15, 0.2) is 0 Å². The van der Waals surface area contributed by atoms with Crippen LogP contribution >= 0.6 is 0 Å². The van der Waals surface area contributed by atoms with E-state index in [9.17, 15) is 0 Å². The number of aromatic nitrogens is 3. The van der Waals surface area contributed by atoms with Gasteiger partial charge in [0.05, 0.1) is 0 Å². The Labute approximate surface area is 123 Å². The van der Waals surface area contributed by atoms with E-state index in [0.717, 1.165) is 24.8 Å². The van der Waals surface area contributed by atoms with E-state index >= 15 is 0 Å². The highest BCUT2D eigenvalue weighted by Crippen LogP contribution is 2.32. The highest BCUT2D eigenvalue weighted by atomic mass is 15.3. The van der Waals surface area contributed by atoms with Gasteiger partial charge in [0, 0.05) is 18.5 Å². The smallest absolute Gasteiger partial charge is 0.138 e. The first-order valence-corrected chi connectivity index (χ1v) is 8.19. The summed E-state index contributed by atoms with van der Waals surface area (Å²) in [6.07, 6.45) is 8.26. The van der Waals surface area contributed by atoms with E-state index in [1.165, 1.54) is 31.5 Å². The maximum Gasteiger partial charge on any atom is 0.138 e. The zero-order valence-electron chi connectivity index (χ0n) is 13.5. The molecule has 1 aliphatic carbocycles. The van der Waals surface area contributed by atoms with E-state index in [2.05, 4.69) is 47.8 Å². The SMILES string of the molecule is CC(C)NCC1CCCCC1Cc1ncnn1C(C)C. The molecule has 0 aliphatic heterocycles. The van der Waals surface area contributed by atoms with Crippen LogP contribution in [0.4, 0.5) is 0 Å². The highest BCUT2D eigenvalue weighted by Gasteiger charge is 2.27. The lowest BCUT2D eigenvalue weighted by molar-refractivity contribution is 0.219. The van der Waals surface area contributed by atoms with Crippen molar-refractivity contribution in [3.8, 4) is 0 Å². The second-order valence-electron chi connectivity index (χ2n) is 6.79. The summed E-state index contributed by atoms with van der Waals surface area (Å²) >= 11 is 0. The van der Waals surface area contributed by atoms with Crippen LogP contribution in [0.1, 0.15) is 65.2 Å². The molecule has 4 nitrogen and oxygen atoms in total. The Hall–Kier alpha value is -0.900. The summed E-state index contributed by atoms with van der Waals surface area (Å²) in [6.45, 7) is 9.96. The minimum absolute atomic E-state index is 0.406. The molecule has 0 amide bonds. The molecule has 2 rings (SSSR count). The normalized spacial score (nSPS) is 23.7. The molecule has 0 radical (unpaired) electrons. The molecule has 114 valence electrons. The molecular formula is C16H30N4. The molecule has 2 atom stereocenters. The topological polar surface area (TPSA) is 42.7 Å². The Morgan fingerprint density at radius 2 is 1.90 bits per heavy atom. The molecule has 0 aromatic carbocycles. The van der Waals surface area contributed by atoms with Crippen molar-refractivity contribution in [1.29, 1.82) is 0 Å². The van der Waals surface area contributed by atoms with Gasteiger partial charge in [-0.2, -0.15) is 5.10 Å². The Balaban J connectivity index is 1.99. The average Bonchev–Trinajstić information content (AvgIpc) is 2.86. The summed E-state index contributed by atoms with van der Waals surface area (Å²) in [6, 6.07) is 0.986. The number of nitrogens with one attached hydrogen (secondary N) is 1. The van der Waals surface area contributed by atoms with Crippen LogP contribution in [0, 0.1) is 11.8 Å². The zero-order valence-corrected chi connectivity index (χ0v) is 13.5. The van der Waals surface area contributed by atoms with Gasteiger partial charge in [-0.1, -0.05) is 26.7 Å². The van der Waals surface area contributed by atoms with Crippen LogP contribution in [0.15, 0.2) is 6.33 Å². The maximum atomic E-state index is 4.49. The molecule has 1 fully saturated rings. The lowest BCUT2D eigenvalue weighted by Crippen LogP contribution is -2.35. The summed E-state index contributed by atoms with van der Waals surface area (Å²) in [7, 11) is 0. The largest absolute Gasteiger partial charge is 0.314 e. The van der Waals surface area contributed by atoms with Gasteiger partial charge in [0.25, 0.3) is 0 Å². The van der Waals surface area contributed by atoms with Crippen molar-refractivity contribution >= 4 is 0 Å². The Morgan fingerprint density at radius 1 is 1.20 bits per heavy atom. The van der Waals surface area contributed by atoms with Crippen molar-refractivity contribution in [2.75, 3.05) is 6.54 Å². The highest BCUT2D eigenvalue weighted by molar-refractivity contribution is 4.92. The Kier molecular flexibility index (Phi) is 5.58. The van der Waals surface area contributed by atoms with Crippen LogP contribution in [-0.2, 0) is 6.42 Å². The van der Waals surface area contributed by atoms with Crippen LogP contribution in [0.3, 0.4) is 0 Å².